The molecule has 0 saturated carbocycles. The van der Waals surface area contributed by atoms with Crippen molar-refractivity contribution < 1.29 is 4.74 Å². The maximum atomic E-state index is 5.81. The number of unbranched alkanes of at least 4 members (excludes halogenated alkanes) is 1. The van der Waals surface area contributed by atoms with Crippen LogP contribution in [0.15, 0.2) is 24.3 Å². The molecule has 0 atom stereocenters. The van der Waals surface area contributed by atoms with Crippen molar-refractivity contribution in [3.05, 3.63) is 29.8 Å². The number of hydrogen-bond donors (Lipinski definition) is 0. The molecular weight excluding hydrogens is 232 g/mol. The van der Waals surface area contributed by atoms with Crippen LogP contribution in [0.3, 0.4) is 0 Å². The molecule has 1 rings (SSSR count). The highest BCUT2D eigenvalue weighted by Crippen LogP contribution is 2.37. The maximum Gasteiger partial charge on any atom is 0.119 e. The number of hydrogen-bond acceptors (Lipinski definition) is 1. The van der Waals surface area contributed by atoms with Crippen molar-refractivity contribution in [3.63, 3.8) is 0 Å². The van der Waals surface area contributed by atoms with Gasteiger partial charge in [-0.05, 0) is 41.4 Å². The zero-order chi connectivity index (χ0) is 14.5. The van der Waals surface area contributed by atoms with Crippen LogP contribution in [0.4, 0.5) is 0 Å². The molecule has 108 valence electrons. The summed E-state index contributed by atoms with van der Waals surface area (Å²) in [5.41, 5.74) is 1.89. The van der Waals surface area contributed by atoms with Crippen molar-refractivity contribution in [2.75, 3.05) is 6.61 Å². The maximum absolute atomic E-state index is 5.81. The van der Waals surface area contributed by atoms with Gasteiger partial charge in [-0.1, -0.05) is 60.1 Å². The first-order valence-electron chi connectivity index (χ1n) is 7.48. The molecule has 0 fully saturated rings. The minimum absolute atomic E-state index is 0.183. The summed E-state index contributed by atoms with van der Waals surface area (Å²) < 4.78 is 5.81. The lowest BCUT2D eigenvalue weighted by Crippen LogP contribution is -2.24. The standard InChI is InChI=1S/C18H30O/c1-7-8-12-19-16-11-9-10-15(13-16)18(5,6)14-17(2,3)4/h9-11,13H,7-8,12,14H2,1-6H3. The van der Waals surface area contributed by atoms with E-state index in [0.717, 1.165) is 18.8 Å². The minimum Gasteiger partial charge on any atom is -0.494 e. The molecule has 0 aliphatic carbocycles. The molecular formula is C18H30O. The second-order valence-corrected chi connectivity index (χ2v) is 7.35. The fraction of sp³-hybridized carbons (Fsp3) is 0.667. The van der Waals surface area contributed by atoms with Crippen LogP contribution >= 0.6 is 0 Å². The van der Waals surface area contributed by atoms with E-state index in [1.165, 1.54) is 18.4 Å². The molecule has 0 aromatic heterocycles. The van der Waals surface area contributed by atoms with Crippen molar-refractivity contribution in [1.29, 1.82) is 0 Å². The van der Waals surface area contributed by atoms with Gasteiger partial charge in [0.25, 0.3) is 0 Å². The van der Waals surface area contributed by atoms with Crippen molar-refractivity contribution in [2.24, 2.45) is 5.41 Å². The average Bonchev–Trinajstić information content (AvgIpc) is 2.27. The van der Waals surface area contributed by atoms with E-state index in [4.69, 9.17) is 4.74 Å². The van der Waals surface area contributed by atoms with Crippen LogP contribution in [0.1, 0.15) is 66.4 Å². The molecule has 1 heteroatoms. The molecule has 1 nitrogen and oxygen atoms in total. The summed E-state index contributed by atoms with van der Waals surface area (Å²) in [5.74, 6) is 1.01. The van der Waals surface area contributed by atoms with Gasteiger partial charge in [0.1, 0.15) is 5.75 Å². The third-order valence-corrected chi connectivity index (χ3v) is 3.35. The molecule has 1 aromatic rings. The quantitative estimate of drug-likeness (QED) is 0.608. The Morgan fingerprint density at radius 1 is 1.05 bits per heavy atom. The predicted molar refractivity (Wildman–Crippen MR) is 83.9 cm³/mol. The molecule has 0 aliphatic rings. The molecule has 19 heavy (non-hydrogen) atoms. The van der Waals surface area contributed by atoms with E-state index in [0.29, 0.717) is 5.41 Å². The van der Waals surface area contributed by atoms with Gasteiger partial charge in [0.2, 0.25) is 0 Å². The third-order valence-electron chi connectivity index (χ3n) is 3.35. The Kier molecular flexibility index (Phi) is 5.46. The molecule has 0 unspecified atom stereocenters. The first-order chi connectivity index (χ1) is 8.74. The van der Waals surface area contributed by atoms with Gasteiger partial charge in [-0.15, -0.1) is 0 Å². The Bertz CT molecular complexity index is 385. The van der Waals surface area contributed by atoms with E-state index in [-0.39, 0.29) is 5.41 Å². The van der Waals surface area contributed by atoms with Gasteiger partial charge in [0.05, 0.1) is 6.61 Å². The lowest BCUT2D eigenvalue weighted by Gasteiger charge is -2.33. The highest BCUT2D eigenvalue weighted by Gasteiger charge is 2.27. The van der Waals surface area contributed by atoms with Gasteiger partial charge >= 0.3 is 0 Å². The monoisotopic (exact) mass is 262 g/mol. The van der Waals surface area contributed by atoms with E-state index in [2.05, 4.69) is 65.8 Å². The van der Waals surface area contributed by atoms with Crippen molar-refractivity contribution >= 4 is 0 Å². The van der Waals surface area contributed by atoms with Gasteiger partial charge in [-0.2, -0.15) is 0 Å². The zero-order valence-electron chi connectivity index (χ0n) is 13.5. The first-order valence-corrected chi connectivity index (χ1v) is 7.48. The van der Waals surface area contributed by atoms with E-state index in [1.54, 1.807) is 0 Å². The lowest BCUT2D eigenvalue weighted by molar-refractivity contribution is 0.281. The van der Waals surface area contributed by atoms with Gasteiger partial charge in [0.15, 0.2) is 0 Å². The van der Waals surface area contributed by atoms with Crippen molar-refractivity contribution in [3.8, 4) is 5.75 Å². The number of rotatable bonds is 6. The van der Waals surface area contributed by atoms with Gasteiger partial charge in [0, 0.05) is 0 Å². The summed E-state index contributed by atoms with van der Waals surface area (Å²) in [6.45, 7) is 14.6. The van der Waals surface area contributed by atoms with Crippen molar-refractivity contribution in [1.82, 2.24) is 0 Å². The first kappa shape index (κ1) is 16.1. The molecule has 0 saturated heterocycles. The van der Waals surface area contributed by atoms with Crippen LogP contribution in [-0.4, -0.2) is 6.61 Å². The molecule has 0 amide bonds. The van der Waals surface area contributed by atoms with Gasteiger partial charge < -0.3 is 4.74 Å². The Balaban J connectivity index is 2.80. The SMILES string of the molecule is CCCCOc1cccc(C(C)(C)CC(C)(C)C)c1. The molecule has 0 N–H and O–H groups in total. The fourth-order valence-corrected chi connectivity index (χ4v) is 2.77. The van der Waals surface area contributed by atoms with Crippen LogP contribution in [-0.2, 0) is 5.41 Å². The number of benzene rings is 1. The average molecular weight is 262 g/mol. The Morgan fingerprint density at radius 2 is 1.74 bits per heavy atom. The summed E-state index contributed by atoms with van der Waals surface area (Å²) in [7, 11) is 0. The van der Waals surface area contributed by atoms with E-state index in [9.17, 15) is 0 Å². The molecule has 0 radical (unpaired) electrons. The fourth-order valence-electron chi connectivity index (χ4n) is 2.77. The molecule has 0 spiro atoms. The highest BCUT2D eigenvalue weighted by molar-refractivity contribution is 5.33. The Morgan fingerprint density at radius 3 is 2.32 bits per heavy atom. The summed E-state index contributed by atoms with van der Waals surface area (Å²) >= 11 is 0. The topological polar surface area (TPSA) is 9.23 Å². The van der Waals surface area contributed by atoms with Crippen molar-refractivity contribution in [2.45, 2.75) is 66.2 Å². The second kappa shape index (κ2) is 6.45. The number of ether oxygens (including phenoxy) is 1. The predicted octanol–water partition coefficient (Wildman–Crippen LogP) is 5.58. The summed E-state index contributed by atoms with van der Waals surface area (Å²) in [5, 5.41) is 0. The van der Waals surface area contributed by atoms with E-state index >= 15 is 0 Å². The molecule has 0 heterocycles. The van der Waals surface area contributed by atoms with E-state index < -0.39 is 0 Å². The largest absolute Gasteiger partial charge is 0.494 e. The van der Waals surface area contributed by atoms with Crippen LogP contribution in [0.25, 0.3) is 0 Å². The van der Waals surface area contributed by atoms with Crippen LogP contribution < -0.4 is 4.74 Å². The van der Waals surface area contributed by atoms with Crippen LogP contribution in [0.2, 0.25) is 0 Å². The van der Waals surface area contributed by atoms with Crippen LogP contribution in [0, 0.1) is 5.41 Å². The summed E-state index contributed by atoms with van der Waals surface area (Å²) in [6.07, 6.45) is 3.46. The Hall–Kier alpha value is -0.980. The Labute approximate surface area is 119 Å². The lowest BCUT2D eigenvalue weighted by atomic mass is 9.72. The molecule has 1 aromatic carbocycles. The van der Waals surface area contributed by atoms with E-state index in [1.807, 2.05) is 0 Å². The highest BCUT2D eigenvalue weighted by atomic mass is 16.5. The normalized spacial score (nSPS) is 12.5. The molecule has 0 aliphatic heterocycles. The second-order valence-electron chi connectivity index (χ2n) is 7.35. The minimum atomic E-state index is 0.183. The van der Waals surface area contributed by atoms with Gasteiger partial charge in [-0.25, -0.2) is 0 Å². The smallest absolute Gasteiger partial charge is 0.119 e. The summed E-state index contributed by atoms with van der Waals surface area (Å²) in [6, 6.07) is 8.60. The summed E-state index contributed by atoms with van der Waals surface area (Å²) in [4.78, 5) is 0. The third kappa shape index (κ3) is 5.67. The zero-order valence-corrected chi connectivity index (χ0v) is 13.5. The van der Waals surface area contributed by atoms with Gasteiger partial charge in [-0.3, -0.25) is 0 Å². The molecule has 0 bridgehead atoms. The van der Waals surface area contributed by atoms with Crippen LogP contribution in [0.5, 0.6) is 5.75 Å².